The molecule has 20 heavy (non-hydrogen) atoms. The minimum atomic E-state index is 0.0232. The molecule has 1 aromatic rings. The van der Waals surface area contributed by atoms with Gasteiger partial charge in [-0.1, -0.05) is 24.4 Å². The van der Waals surface area contributed by atoms with Gasteiger partial charge in [-0.3, -0.25) is 4.79 Å². The van der Waals surface area contributed by atoms with Gasteiger partial charge in [-0.15, -0.1) is 11.3 Å². The second kappa shape index (κ2) is 6.46. The van der Waals surface area contributed by atoms with E-state index in [-0.39, 0.29) is 11.9 Å². The van der Waals surface area contributed by atoms with E-state index >= 15 is 0 Å². The fraction of sp³-hybridized carbons (Fsp3) is 0.667. The van der Waals surface area contributed by atoms with Crippen molar-refractivity contribution in [3.63, 3.8) is 0 Å². The first-order chi connectivity index (χ1) is 9.72. The molecule has 0 spiro atoms. The van der Waals surface area contributed by atoms with Gasteiger partial charge in [0.2, 0.25) is 5.91 Å². The zero-order valence-electron chi connectivity index (χ0n) is 11.5. The van der Waals surface area contributed by atoms with Crippen LogP contribution in [0.5, 0.6) is 0 Å². The van der Waals surface area contributed by atoms with Crippen LogP contribution in [-0.4, -0.2) is 24.5 Å². The zero-order chi connectivity index (χ0) is 13.9. The van der Waals surface area contributed by atoms with Crippen LogP contribution in [0.2, 0.25) is 4.34 Å². The number of carbonyl (C=O) groups is 1. The second-order valence-corrected chi connectivity index (χ2v) is 7.65. The third-order valence-corrected chi connectivity index (χ3v) is 5.77. The van der Waals surface area contributed by atoms with Crippen LogP contribution in [0.25, 0.3) is 0 Å². The largest absolute Gasteiger partial charge is 0.354 e. The first kappa shape index (κ1) is 14.4. The second-order valence-electron chi connectivity index (χ2n) is 5.85. The van der Waals surface area contributed by atoms with Crippen LogP contribution < -0.4 is 10.6 Å². The molecule has 110 valence electrons. The Kier molecular flexibility index (Phi) is 4.64. The Morgan fingerprint density at radius 3 is 3.00 bits per heavy atom. The Bertz CT molecular complexity index is 462. The summed E-state index contributed by atoms with van der Waals surface area (Å²) in [5.74, 6) is 0.887. The highest BCUT2D eigenvalue weighted by molar-refractivity contribution is 7.16. The zero-order valence-corrected chi connectivity index (χ0v) is 13.1. The number of rotatable bonds is 4. The predicted molar refractivity (Wildman–Crippen MR) is 83.3 cm³/mol. The molecular formula is C15H21ClN2OS. The van der Waals surface area contributed by atoms with Crippen LogP contribution in [0.3, 0.4) is 0 Å². The van der Waals surface area contributed by atoms with E-state index in [1.165, 1.54) is 30.6 Å². The molecule has 3 atom stereocenters. The maximum absolute atomic E-state index is 12.2. The van der Waals surface area contributed by atoms with Crippen molar-refractivity contribution in [2.45, 2.75) is 50.6 Å². The Balaban J connectivity index is 1.43. The van der Waals surface area contributed by atoms with Gasteiger partial charge >= 0.3 is 0 Å². The number of carbonyl (C=O) groups excluding carboxylic acids is 1. The van der Waals surface area contributed by atoms with E-state index in [4.69, 9.17) is 11.6 Å². The molecule has 1 saturated carbocycles. The first-order valence-corrected chi connectivity index (χ1v) is 8.70. The Morgan fingerprint density at radius 2 is 2.25 bits per heavy atom. The van der Waals surface area contributed by atoms with Gasteiger partial charge in [-0.25, -0.2) is 0 Å². The Morgan fingerprint density at radius 1 is 1.40 bits per heavy atom. The maximum Gasteiger partial charge on any atom is 0.237 e. The van der Waals surface area contributed by atoms with Crippen molar-refractivity contribution in [2.75, 3.05) is 6.54 Å². The van der Waals surface area contributed by atoms with Crippen LogP contribution in [0.15, 0.2) is 12.1 Å². The lowest BCUT2D eigenvalue weighted by molar-refractivity contribution is -0.122. The molecular weight excluding hydrogens is 292 g/mol. The molecule has 2 fully saturated rings. The Labute approximate surface area is 129 Å². The summed E-state index contributed by atoms with van der Waals surface area (Å²) in [6, 6.07) is 4.54. The fourth-order valence-electron chi connectivity index (χ4n) is 3.44. The summed E-state index contributed by atoms with van der Waals surface area (Å²) in [6.07, 6.45) is 7.04. The molecule has 3 rings (SSSR count). The van der Waals surface area contributed by atoms with Crippen molar-refractivity contribution in [2.24, 2.45) is 5.92 Å². The third kappa shape index (κ3) is 3.35. The van der Waals surface area contributed by atoms with Gasteiger partial charge in [0.15, 0.2) is 0 Å². The molecule has 1 saturated heterocycles. The number of fused-ring (bicyclic) bond motifs is 1. The van der Waals surface area contributed by atoms with Crippen molar-refractivity contribution in [1.82, 2.24) is 10.6 Å². The van der Waals surface area contributed by atoms with Crippen LogP contribution in [-0.2, 0) is 11.2 Å². The standard InChI is InChI=1S/C15H21ClN2OS/c16-14-6-5-11(20-14)7-8-17-15(19)13-9-10-3-1-2-4-12(10)18-13/h5-6,10,12-13,18H,1-4,7-9H2,(H,17,19). The average Bonchev–Trinajstić information content (AvgIpc) is 3.04. The summed E-state index contributed by atoms with van der Waals surface area (Å²) >= 11 is 7.48. The highest BCUT2D eigenvalue weighted by Crippen LogP contribution is 2.33. The summed E-state index contributed by atoms with van der Waals surface area (Å²) in [5, 5.41) is 6.57. The highest BCUT2D eigenvalue weighted by Gasteiger charge is 2.37. The number of halogens is 1. The minimum Gasteiger partial charge on any atom is -0.354 e. The molecule has 1 aromatic heterocycles. The van der Waals surface area contributed by atoms with Crippen molar-refractivity contribution in [3.05, 3.63) is 21.3 Å². The molecule has 0 radical (unpaired) electrons. The quantitative estimate of drug-likeness (QED) is 0.897. The van der Waals surface area contributed by atoms with E-state index in [1.807, 2.05) is 12.1 Å². The molecule has 3 nitrogen and oxygen atoms in total. The van der Waals surface area contributed by atoms with E-state index in [0.29, 0.717) is 12.6 Å². The van der Waals surface area contributed by atoms with Crippen molar-refractivity contribution in [1.29, 1.82) is 0 Å². The van der Waals surface area contributed by atoms with Gasteiger partial charge in [-0.05, 0) is 43.7 Å². The summed E-state index contributed by atoms with van der Waals surface area (Å²) in [7, 11) is 0. The molecule has 1 amide bonds. The van der Waals surface area contributed by atoms with E-state index in [1.54, 1.807) is 11.3 Å². The number of hydrogen-bond donors (Lipinski definition) is 2. The normalized spacial score (nSPS) is 29.1. The van der Waals surface area contributed by atoms with Crippen LogP contribution >= 0.6 is 22.9 Å². The van der Waals surface area contributed by atoms with Gasteiger partial charge in [0.05, 0.1) is 10.4 Å². The van der Waals surface area contributed by atoms with E-state index in [2.05, 4.69) is 10.6 Å². The van der Waals surface area contributed by atoms with Crippen LogP contribution in [0.1, 0.15) is 37.0 Å². The lowest BCUT2D eigenvalue weighted by atomic mass is 9.85. The maximum atomic E-state index is 12.2. The smallest absolute Gasteiger partial charge is 0.237 e. The minimum absolute atomic E-state index is 0.0232. The molecule has 3 unspecified atom stereocenters. The molecule has 2 aliphatic rings. The monoisotopic (exact) mass is 312 g/mol. The number of hydrogen-bond acceptors (Lipinski definition) is 3. The topological polar surface area (TPSA) is 41.1 Å². The molecule has 1 aliphatic heterocycles. The summed E-state index contributed by atoms with van der Waals surface area (Å²) < 4.78 is 0.813. The lowest BCUT2D eigenvalue weighted by Gasteiger charge is -2.24. The highest BCUT2D eigenvalue weighted by atomic mass is 35.5. The number of nitrogens with one attached hydrogen (secondary N) is 2. The summed E-state index contributed by atoms with van der Waals surface area (Å²) in [4.78, 5) is 13.4. The Hall–Kier alpha value is -0.580. The molecule has 5 heteroatoms. The molecule has 0 aromatic carbocycles. The predicted octanol–water partition coefficient (Wildman–Crippen LogP) is 2.98. The molecule has 2 heterocycles. The van der Waals surface area contributed by atoms with E-state index < -0.39 is 0 Å². The summed E-state index contributed by atoms with van der Waals surface area (Å²) in [5.41, 5.74) is 0. The fourth-order valence-corrected chi connectivity index (χ4v) is 4.53. The SMILES string of the molecule is O=C(NCCc1ccc(Cl)s1)C1CC2CCCCC2N1. The first-order valence-electron chi connectivity index (χ1n) is 7.50. The molecule has 0 bridgehead atoms. The third-order valence-electron chi connectivity index (χ3n) is 4.48. The number of amides is 1. The van der Waals surface area contributed by atoms with Gasteiger partial charge in [0.1, 0.15) is 0 Å². The van der Waals surface area contributed by atoms with E-state index in [0.717, 1.165) is 23.1 Å². The summed E-state index contributed by atoms with van der Waals surface area (Å²) in [6.45, 7) is 0.698. The molecule has 1 aliphatic carbocycles. The van der Waals surface area contributed by atoms with Crippen LogP contribution in [0.4, 0.5) is 0 Å². The average molecular weight is 313 g/mol. The van der Waals surface area contributed by atoms with Gasteiger partial charge in [0.25, 0.3) is 0 Å². The number of thiophene rings is 1. The van der Waals surface area contributed by atoms with Crippen molar-refractivity contribution < 1.29 is 4.79 Å². The van der Waals surface area contributed by atoms with Crippen molar-refractivity contribution in [3.8, 4) is 0 Å². The van der Waals surface area contributed by atoms with Gasteiger partial charge < -0.3 is 10.6 Å². The van der Waals surface area contributed by atoms with Gasteiger partial charge in [0, 0.05) is 17.5 Å². The van der Waals surface area contributed by atoms with E-state index in [9.17, 15) is 4.79 Å². The molecule has 2 N–H and O–H groups in total. The lowest BCUT2D eigenvalue weighted by Crippen LogP contribution is -2.43. The van der Waals surface area contributed by atoms with Crippen LogP contribution in [0, 0.1) is 5.92 Å². The van der Waals surface area contributed by atoms with Crippen molar-refractivity contribution >= 4 is 28.8 Å². The van der Waals surface area contributed by atoms with Gasteiger partial charge in [-0.2, -0.15) is 0 Å².